The Morgan fingerprint density at radius 3 is 2.47 bits per heavy atom. The third-order valence-electron chi connectivity index (χ3n) is 2.57. The molecule has 7 heteroatoms. The molecule has 17 heavy (non-hydrogen) atoms. The fourth-order valence-electron chi connectivity index (χ4n) is 1.77. The maximum atomic E-state index is 9.88. The minimum atomic E-state index is 0. The average Bonchev–Trinajstić information content (AvgIpc) is 2.28. The zero-order chi connectivity index (χ0) is 11.7. The number of piperazine rings is 1. The first-order valence-corrected chi connectivity index (χ1v) is 7.29. The summed E-state index contributed by atoms with van der Waals surface area (Å²) in [7, 11) is 0. The van der Waals surface area contributed by atoms with Crippen molar-refractivity contribution in [2.24, 2.45) is 0 Å². The van der Waals surface area contributed by atoms with Gasteiger partial charge in [-0.1, -0.05) is 15.9 Å². The second kappa shape index (κ2) is 6.73. The Hall–Kier alpha value is 0.670. The van der Waals surface area contributed by atoms with Crippen molar-refractivity contribution in [3.63, 3.8) is 0 Å². The van der Waals surface area contributed by atoms with Crippen LogP contribution in [0.4, 0.5) is 0 Å². The van der Waals surface area contributed by atoms with E-state index in [0.29, 0.717) is 4.47 Å². The van der Waals surface area contributed by atoms with E-state index < -0.39 is 0 Å². The predicted octanol–water partition coefficient (Wildman–Crippen LogP) is 3.34. The highest BCUT2D eigenvalue weighted by Crippen LogP contribution is 2.42. The fraction of sp³-hybridized carbons (Fsp3) is 0.400. The molecule has 0 radical (unpaired) electrons. The Morgan fingerprint density at radius 2 is 1.88 bits per heavy atom. The van der Waals surface area contributed by atoms with Gasteiger partial charge in [0.1, 0.15) is 5.75 Å². The molecular formula is C10H12Br3ClN2O. The van der Waals surface area contributed by atoms with Crippen LogP contribution in [0.3, 0.4) is 0 Å². The van der Waals surface area contributed by atoms with Crippen molar-refractivity contribution < 1.29 is 5.11 Å². The zero-order valence-corrected chi connectivity index (χ0v) is 14.3. The van der Waals surface area contributed by atoms with E-state index in [-0.39, 0.29) is 24.2 Å². The molecule has 1 heterocycles. The number of aromatic hydroxyl groups is 1. The first-order chi connectivity index (χ1) is 7.61. The summed E-state index contributed by atoms with van der Waals surface area (Å²) in [4.78, 5) is 0. The number of phenolic OH excluding ortho intramolecular Hbond substituents is 1. The van der Waals surface area contributed by atoms with E-state index in [4.69, 9.17) is 0 Å². The van der Waals surface area contributed by atoms with Gasteiger partial charge in [-0.15, -0.1) is 12.4 Å². The molecule has 0 bridgehead atoms. The van der Waals surface area contributed by atoms with Gasteiger partial charge in [0, 0.05) is 35.7 Å². The third-order valence-corrected chi connectivity index (χ3v) is 4.63. The summed E-state index contributed by atoms with van der Waals surface area (Å²) in [6.45, 7) is 2.77. The molecule has 1 aliphatic rings. The summed E-state index contributed by atoms with van der Waals surface area (Å²) < 4.78 is 2.39. The molecule has 1 saturated heterocycles. The summed E-state index contributed by atoms with van der Waals surface area (Å²) in [6, 6.07) is 2.07. The minimum Gasteiger partial charge on any atom is -0.506 e. The molecule has 1 atom stereocenters. The largest absolute Gasteiger partial charge is 0.506 e. The quantitative estimate of drug-likeness (QED) is 0.614. The number of hydrogen-bond acceptors (Lipinski definition) is 3. The summed E-state index contributed by atoms with van der Waals surface area (Å²) in [5.74, 6) is 0.241. The van der Waals surface area contributed by atoms with Crippen LogP contribution in [0.15, 0.2) is 19.5 Å². The number of nitrogens with one attached hydrogen (secondary N) is 2. The van der Waals surface area contributed by atoms with Gasteiger partial charge in [0.2, 0.25) is 0 Å². The summed E-state index contributed by atoms with van der Waals surface area (Å²) in [6.07, 6.45) is 0. The average molecular weight is 451 g/mol. The molecule has 2 rings (SSSR count). The van der Waals surface area contributed by atoms with Gasteiger partial charge < -0.3 is 15.7 Å². The second-order valence-corrected chi connectivity index (χ2v) is 6.13. The highest BCUT2D eigenvalue weighted by molar-refractivity contribution is 9.11. The number of hydrogen-bond donors (Lipinski definition) is 3. The number of rotatable bonds is 1. The lowest BCUT2D eigenvalue weighted by molar-refractivity contribution is 0.422. The monoisotopic (exact) mass is 448 g/mol. The molecule has 0 aliphatic carbocycles. The van der Waals surface area contributed by atoms with Crippen LogP contribution in [0.5, 0.6) is 5.75 Å². The van der Waals surface area contributed by atoms with E-state index in [1.165, 1.54) is 0 Å². The van der Waals surface area contributed by atoms with Gasteiger partial charge in [0.05, 0.1) is 8.95 Å². The molecule has 0 unspecified atom stereocenters. The van der Waals surface area contributed by atoms with E-state index in [0.717, 1.165) is 34.1 Å². The molecule has 0 aromatic heterocycles. The van der Waals surface area contributed by atoms with Crippen molar-refractivity contribution in [2.75, 3.05) is 19.6 Å². The molecule has 0 amide bonds. The minimum absolute atomic E-state index is 0. The molecule has 0 saturated carbocycles. The standard InChI is InChI=1S/C10H11Br3N2O.ClH/c11-5-3-6(12)10(16)9(13)8(5)7-4-14-1-2-15-7;/h3,7,14-16H,1-2,4H2;1H/t7-;/m0./s1. The van der Waals surface area contributed by atoms with Gasteiger partial charge in [0.15, 0.2) is 0 Å². The van der Waals surface area contributed by atoms with Crippen molar-refractivity contribution in [1.82, 2.24) is 10.6 Å². The maximum absolute atomic E-state index is 9.88. The lowest BCUT2D eigenvalue weighted by Crippen LogP contribution is -2.42. The highest BCUT2D eigenvalue weighted by atomic mass is 79.9. The Kier molecular flexibility index (Phi) is 6.22. The van der Waals surface area contributed by atoms with E-state index in [9.17, 15) is 5.11 Å². The first kappa shape index (κ1) is 15.7. The van der Waals surface area contributed by atoms with E-state index in [1.54, 1.807) is 0 Å². The molecule has 1 aliphatic heterocycles. The number of phenols is 1. The van der Waals surface area contributed by atoms with Crippen LogP contribution in [0.1, 0.15) is 11.6 Å². The Bertz CT molecular complexity index is 411. The molecule has 1 aromatic rings. The van der Waals surface area contributed by atoms with Gasteiger partial charge >= 0.3 is 0 Å². The Morgan fingerprint density at radius 1 is 1.18 bits per heavy atom. The summed E-state index contributed by atoms with van der Waals surface area (Å²) >= 11 is 10.3. The molecule has 96 valence electrons. The van der Waals surface area contributed by atoms with Gasteiger partial charge in [0.25, 0.3) is 0 Å². The normalized spacial score (nSPS) is 19.8. The van der Waals surface area contributed by atoms with Crippen molar-refractivity contribution in [2.45, 2.75) is 6.04 Å². The van der Waals surface area contributed by atoms with Crippen LogP contribution >= 0.6 is 60.2 Å². The van der Waals surface area contributed by atoms with Crippen molar-refractivity contribution in [3.05, 3.63) is 25.0 Å². The topological polar surface area (TPSA) is 44.3 Å². The van der Waals surface area contributed by atoms with Crippen molar-refractivity contribution in [3.8, 4) is 5.75 Å². The zero-order valence-electron chi connectivity index (χ0n) is 8.77. The molecule has 3 nitrogen and oxygen atoms in total. The van der Waals surface area contributed by atoms with Crippen LogP contribution < -0.4 is 10.6 Å². The van der Waals surface area contributed by atoms with E-state index in [2.05, 4.69) is 58.4 Å². The molecule has 3 N–H and O–H groups in total. The first-order valence-electron chi connectivity index (χ1n) is 4.91. The maximum Gasteiger partial charge on any atom is 0.144 e. The smallest absolute Gasteiger partial charge is 0.144 e. The van der Waals surface area contributed by atoms with Gasteiger partial charge in [-0.25, -0.2) is 0 Å². The number of halogens is 4. The van der Waals surface area contributed by atoms with E-state index >= 15 is 0 Å². The van der Waals surface area contributed by atoms with Crippen LogP contribution in [-0.2, 0) is 0 Å². The van der Waals surface area contributed by atoms with Crippen LogP contribution in [-0.4, -0.2) is 24.7 Å². The van der Waals surface area contributed by atoms with E-state index in [1.807, 2.05) is 6.07 Å². The Balaban J connectivity index is 0.00000144. The third kappa shape index (κ3) is 3.36. The molecule has 1 fully saturated rings. The van der Waals surface area contributed by atoms with Crippen molar-refractivity contribution >= 4 is 60.2 Å². The van der Waals surface area contributed by atoms with Gasteiger partial charge in [-0.05, 0) is 37.9 Å². The van der Waals surface area contributed by atoms with Gasteiger partial charge in [-0.3, -0.25) is 0 Å². The van der Waals surface area contributed by atoms with Gasteiger partial charge in [-0.2, -0.15) is 0 Å². The summed E-state index contributed by atoms with van der Waals surface area (Å²) in [5, 5.41) is 16.6. The molecule has 1 aromatic carbocycles. The van der Waals surface area contributed by atoms with Crippen LogP contribution in [0.2, 0.25) is 0 Å². The molecular weight excluding hydrogens is 439 g/mol. The van der Waals surface area contributed by atoms with Crippen molar-refractivity contribution in [1.29, 1.82) is 0 Å². The number of benzene rings is 1. The Labute approximate surface area is 132 Å². The molecule has 0 spiro atoms. The second-order valence-electron chi connectivity index (χ2n) is 3.63. The fourth-order valence-corrected chi connectivity index (χ4v) is 4.44. The predicted molar refractivity (Wildman–Crippen MR) is 82.1 cm³/mol. The lowest BCUT2D eigenvalue weighted by atomic mass is 10.1. The van der Waals surface area contributed by atoms with Crippen LogP contribution in [0.25, 0.3) is 0 Å². The highest BCUT2D eigenvalue weighted by Gasteiger charge is 2.22. The summed E-state index contributed by atoms with van der Waals surface area (Å²) in [5.41, 5.74) is 1.05. The van der Waals surface area contributed by atoms with Crippen LogP contribution in [0, 0.1) is 0 Å². The lowest BCUT2D eigenvalue weighted by Gasteiger charge is -2.27. The SMILES string of the molecule is Cl.Oc1c(Br)cc(Br)c([C@@H]2CNCCN2)c1Br.